The Bertz CT molecular complexity index is 777. The number of anilines is 1. The molecule has 1 amide bonds. The Morgan fingerprint density at radius 2 is 1.85 bits per heavy atom. The molecule has 4 rings (SSSR count). The fraction of sp³-hybridized carbons (Fsp3) is 0.611. The Balaban J connectivity index is 1.32. The fourth-order valence-corrected chi connectivity index (χ4v) is 3.72. The zero-order valence-corrected chi connectivity index (χ0v) is 15.8. The lowest BCUT2D eigenvalue weighted by Crippen LogP contribution is -2.50. The second kappa shape index (κ2) is 7.99. The van der Waals surface area contributed by atoms with Crippen LogP contribution in [0.15, 0.2) is 18.2 Å². The highest BCUT2D eigenvalue weighted by Gasteiger charge is 2.24. The fourth-order valence-electron chi connectivity index (χ4n) is 3.72. The zero-order valence-electron chi connectivity index (χ0n) is 15.8. The highest BCUT2D eigenvalue weighted by Crippen LogP contribution is 2.15. The normalized spacial score (nSPS) is 18.3. The second-order valence-electron chi connectivity index (χ2n) is 7.24. The zero-order chi connectivity index (χ0) is 18.6. The third-order valence-corrected chi connectivity index (χ3v) is 5.28. The maximum atomic E-state index is 12.7. The van der Waals surface area contributed by atoms with Crippen LogP contribution in [0.3, 0.4) is 0 Å². The van der Waals surface area contributed by atoms with Crippen molar-refractivity contribution in [2.24, 2.45) is 0 Å². The van der Waals surface area contributed by atoms with Crippen molar-refractivity contribution in [2.45, 2.75) is 32.9 Å². The quantitative estimate of drug-likeness (QED) is 0.749. The number of piperazine rings is 1. The van der Waals surface area contributed by atoms with Crippen LogP contribution in [0.4, 0.5) is 5.82 Å². The number of aromatic nitrogens is 5. The Morgan fingerprint density at radius 1 is 1.07 bits per heavy atom. The van der Waals surface area contributed by atoms with Gasteiger partial charge in [-0.05, 0) is 55.4 Å². The average molecular weight is 370 g/mol. The van der Waals surface area contributed by atoms with E-state index in [1.54, 1.807) is 4.68 Å². The van der Waals surface area contributed by atoms with Gasteiger partial charge >= 0.3 is 0 Å². The maximum Gasteiger partial charge on any atom is 0.244 e. The molecule has 9 heteroatoms. The number of carbonyl (C=O) groups is 1. The molecular formula is C18H26N8O. The van der Waals surface area contributed by atoms with E-state index in [-0.39, 0.29) is 12.5 Å². The molecule has 2 fully saturated rings. The van der Waals surface area contributed by atoms with Gasteiger partial charge in [0.15, 0.2) is 5.82 Å². The van der Waals surface area contributed by atoms with Crippen LogP contribution >= 0.6 is 0 Å². The number of nitrogens with zero attached hydrogens (tertiary/aromatic N) is 8. The number of rotatable bonds is 5. The van der Waals surface area contributed by atoms with Gasteiger partial charge in [0.2, 0.25) is 5.91 Å². The third-order valence-electron chi connectivity index (χ3n) is 5.28. The van der Waals surface area contributed by atoms with Crippen LogP contribution in [0.2, 0.25) is 0 Å². The van der Waals surface area contributed by atoms with E-state index in [9.17, 15) is 4.79 Å². The Hall–Kier alpha value is -2.55. The molecule has 0 atom stereocenters. The van der Waals surface area contributed by atoms with E-state index in [4.69, 9.17) is 0 Å². The number of tetrazole rings is 1. The van der Waals surface area contributed by atoms with E-state index in [1.165, 1.54) is 12.8 Å². The van der Waals surface area contributed by atoms with E-state index >= 15 is 0 Å². The molecule has 0 bridgehead atoms. The van der Waals surface area contributed by atoms with Crippen molar-refractivity contribution in [3.8, 4) is 0 Å². The molecule has 0 aromatic carbocycles. The molecule has 9 nitrogen and oxygen atoms in total. The summed E-state index contributed by atoms with van der Waals surface area (Å²) in [6.45, 7) is 8.04. The van der Waals surface area contributed by atoms with Crippen molar-refractivity contribution in [2.75, 3.05) is 44.2 Å². The Morgan fingerprint density at radius 3 is 2.59 bits per heavy atom. The van der Waals surface area contributed by atoms with Crippen LogP contribution in [0.5, 0.6) is 0 Å². The van der Waals surface area contributed by atoms with Gasteiger partial charge in [0, 0.05) is 31.9 Å². The molecule has 144 valence electrons. The van der Waals surface area contributed by atoms with Gasteiger partial charge < -0.3 is 9.80 Å². The Kier molecular flexibility index (Phi) is 5.28. The number of pyridine rings is 1. The van der Waals surface area contributed by atoms with Crippen LogP contribution in [-0.2, 0) is 17.9 Å². The summed E-state index contributed by atoms with van der Waals surface area (Å²) in [6.07, 6.45) is 2.45. The highest BCUT2D eigenvalue weighted by atomic mass is 16.2. The Labute approximate surface area is 159 Å². The summed E-state index contributed by atoms with van der Waals surface area (Å²) in [4.78, 5) is 23.7. The standard InChI is InChI=1S/C18H26N8O/c1-15-5-4-6-16(19-15)24-9-11-25(12-10-24)18(27)14-26-17(20-21-22-26)13-23-7-2-3-8-23/h4-6H,2-3,7-14H2,1H3. The molecule has 27 heavy (non-hydrogen) atoms. The van der Waals surface area contributed by atoms with Gasteiger partial charge in [-0.15, -0.1) is 5.10 Å². The minimum absolute atomic E-state index is 0.0711. The van der Waals surface area contributed by atoms with Crippen molar-refractivity contribution in [3.63, 3.8) is 0 Å². The van der Waals surface area contributed by atoms with Crippen LogP contribution in [-0.4, -0.2) is 80.2 Å². The van der Waals surface area contributed by atoms with Crippen molar-refractivity contribution in [3.05, 3.63) is 29.7 Å². The molecule has 0 spiro atoms. The van der Waals surface area contributed by atoms with Crippen LogP contribution in [0.1, 0.15) is 24.4 Å². The van der Waals surface area contributed by atoms with Crippen LogP contribution < -0.4 is 4.90 Å². The maximum absolute atomic E-state index is 12.7. The average Bonchev–Trinajstić information content (AvgIpc) is 3.35. The predicted octanol–water partition coefficient (Wildman–Crippen LogP) is 0.321. The van der Waals surface area contributed by atoms with Crippen molar-refractivity contribution < 1.29 is 4.79 Å². The lowest BCUT2D eigenvalue weighted by Gasteiger charge is -2.35. The first-order valence-electron chi connectivity index (χ1n) is 9.63. The topological polar surface area (TPSA) is 83.3 Å². The number of likely N-dealkylation sites (tertiary alicyclic amines) is 1. The van der Waals surface area contributed by atoms with E-state index < -0.39 is 0 Å². The summed E-state index contributed by atoms with van der Waals surface area (Å²) in [6, 6.07) is 6.04. The van der Waals surface area contributed by atoms with Gasteiger partial charge in [-0.2, -0.15) is 0 Å². The summed E-state index contributed by atoms with van der Waals surface area (Å²) in [5.74, 6) is 1.82. The molecule has 2 aliphatic rings. The molecular weight excluding hydrogens is 344 g/mol. The van der Waals surface area contributed by atoms with E-state index in [0.717, 1.165) is 43.5 Å². The SMILES string of the molecule is Cc1cccc(N2CCN(C(=O)Cn3nnnc3CN3CCCC3)CC2)n1. The molecule has 2 aromatic heterocycles. The smallest absolute Gasteiger partial charge is 0.244 e. The molecule has 0 aliphatic carbocycles. The minimum Gasteiger partial charge on any atom is -0.353 e. The molecule has 0 N–H and O–H groups in total. The first kappa shape index (κ1) is 17.8. The minimum atomic E-state index is 0.0711. The predicted molar refractivity (Wildman–Crippen MR) is 100 cm³/mol. The van der Waals surface area contributed by atoms with Crippen molar-refractivity contribution >= 4 is 11.7 Å². The summed E-state index contributed by atoms with van der Waals surface area (Å²) in [5, 5.41) is 11.9. The largest absolute Gasteiger partial charge is 0.353 e. The molecule has 2 aliphatic heterocycles. The van der Waals surface area contributed by atoms with E-state index in [1.807, 2.05) is 30.0 Å². The van der Waals surface area contributed by atoms with Crippen molar-refractivity contribution in [1.29, 1.82) is 0 Å². The molecule has 0 radical (unpaired) electrons. The number of hydrogen-bond acceptors (Lipinski definition) is 7. The van der Waals surface area contributed by atoms with Gasteiger partial charge in [-0.3, -0.25) is 9.69 Å². The van der Waals surface area contributed by atoms with Gasteiger partial charge in [-0.1, -0.05) is 6.07 Å². The molecule has 4 heterocycles. The number of amides is 1. The lowest BCUT2D eigenvalue weighted by atomic mass is 10.3. The highest BCUT2D eigenvalue weighted by molar-refractivity contribution is 5.76. The van der Waals surface area contributed by atoms with Gasteiger partial charge in [-0.25, -0.2) is 9.67 Å². The molecule has 0 saturated carbocycles. The van der Waals surface area contributed by atoms with Crippen LogP contribution in [0.25, 0.3) is 0 Å². The number of aryl methyl sites for hydroxylation is 1. The van der Waals surface area contributed by atoms with E-state index in [2.05, 4.69) is 30.3 Å². The van der Waals surface area contributed by atoms with E-state index in [0.29, 0.717) is 19.6 Å². The number of carbonyl (C=O) groups excluding carboxylic acids is 1. The van der Waals surface area contributed by atoms with Crippen LogP contribution in [0, 0.1) is 6.92 Å². The van der Waals surface area contributed by atoms with Gasteiger partial charge in [0.05, 0.1) is 6.54 Å². The summed E-state index contributed by atoms with van der Waals surface area (Å²) in [5.41, 5.74) is 1.01. The second-order valence-corrected chi connectivity index (χ2v) is 7.24. The third kappa shape index (κ3) is 4.24. The first-order chi connectivity index (χ1) is 13.2. The first-order valence-corrected chi connectivity index (χ1v) is 9.63. The molecule has 2 aromatic rings. The number of hydrogen-bond donors (Lipinski definition) is 0. The van der Waals surface area contributed by atoms with Gasteiger partial charge in [0.25, 0.3) is 0 Å². The summed E-state index contributed by atoms with van der Waals surface area (Å²) in [7, 11) is 0. The molecule has 2 saturated heterocycles. The monoisotopic (exact) mass is 370 g/mol. The van der Waals surface area contributed by atoms with Gasteiger partial charge in [0.1, 0.15) is 12.4 Å². The summed E-state index contributed by atoms with van der Waals surface area (Å²) >= 11 is 0. The summed E-state index contributed by atoms with van der Waals surface area (Å²) < 4.78 is 1.65. The molecule has 0 unspecified atom stereocenters. The van der Waals surface area contributed by atoms with Crippen molar-refractivity contribution in [1.82, 2.24) is 35.0 Å². The lowest BCUT2D eigenvalue weighted by molar-refractivity contribution is -0.132.